The van der Waals surface area contributed by atoms with E-state index in [2.05, 4.69) is 62.0 Å². The smallest absolute Gasteiger partial charge is 0.311 e. The Balaban J connectivity index is 0.000000176. The molecule has 4 saturated heterocycles. The summed E-state index contributed by atoms with van der Waals surface area (Å²) in [7, 11) is 0. The Hall–Kier alpha value is -2.63. The Kier molecular flexibility index (Phi) is 12.4. The number of esters is 2. The fraction of sp³-hybridized carbons (Fsp3) is 0.732. The molecule has 0 bridgehead atoms. The molecule has 4 aliphatic heterocycles. The lowest BCUT2D eigenvalue weighted by Crippen LogP contribution is -2.38. The second-order valence-electron chi connectivity index (χ2n) is 16.3. The number of hydrogen-bond acceptors (Lipinski definition) is 10. The molecular formula is C41H61N3O7. The highest BCUT2D eigenvalue weighted by Crippen LogP contribution is 2.51. The zero-order valence-corrected chi connectivity index (χ0v) is 31.5. The van der Waals surface area contributed by atoms with E-state index in [-0.39, 0.29) is 77.8 Å². The number of epoxide rings is 2. The maximum Gasteiger partial charge on any atom is 0.311 e. The number of allylic oxidation sites excluding steroid dienone is 4. The van der Waals surface area contributed by atoms with E-state index in [0.29, 0.717) is 26.2 Å². The number of nitrogens with zero attached hydrogens (tertiary/aromatic N) is 2. The summed E-state index contributed by atoms with van der Waals surface area (Å²) < 4.78 is 23.7. The van der Waals surface area contributed by atoms with Gasteiger partial charge in [0.05, 0.1) is 35.3 Å². The van der Waals surface area contributed by atoms with Gasteiger partial charge < -0.3 is 34.3 Å². The number of nitrogens with one attached hydrogen (secondary N) is 1. The van der Waals surface area contributed by atoms with Gasteiger partial charge in [-0.15, -0.1) is 0 Å². The SMILES string of the molecule is C/C1=C\CC[C@@]2(C)O[C@H]2[C@H]2OC(=O)[C@@H](CNCc3ccccn3)[C@@H]2CC1.CCCN(CCO)C[C@@H]1C(=O)O[C@H]2[C@H]1CC/C(C)=C/CC[C@@]1(C)O[C@@H]21. The summed E-state index contributed by atoms with van der Waals surface area (Å²) in [5.74, 6) is 0.0546. The molecular weight excluding hydrogens is 646 g/mol. The van der Waals surface area contributed by atoms with Gasteiger partial charge in [0.1, 0.15) is 24.4 Å². The molecule has 4 fully saturated rings. The van der Waals surface area contributed by atoms with Crippen molar-refractivity contribution in [3.05, 3.63) is 53.4 Å². The number of ether oxygens (including phenoxy) is 4. The van der Waals surface area contributed by atoms with Crippen LogP contribution >= 0.6 is 0 Å². The molecule has 10 atom stereocenters. The van der Waals surface area contributed by atoms with Crippen molar-refractivity contribution in [1.82, 2.24) is 15.2 Å². The first kappa shape index (κ1) is 38.1. The zero-order chi connectivity index (χ0) is 36.2. The maximum atomic E-state index is 12.6. The van der Waals surface area contributed by atoms with Gasteiger partial charge in [0, 0.05) is 44.2 Å². The summed E-state index contributed by atoms with van der Waals surface area (Å²) in [5, 5.41) is 12.7. The Morgan fingerprint density at radius 3 is 2.02 bits per heavy atom. The summed E-state index contributed by atoms with van der Waals surface area (Å²) in [4.78, 5) is 31.8. The largest absolute Gasteiger partial charge is 0.459 e. The quantitative estimate of drug-likeness (QED) is 0.182. The molecule has 0 spiro atoms. The summed E-state index contributed by atoms with van der Waals surface area (Å²) in [6.45, 7) is 14.4. The number of rotatable bonds is 10. The van der Waals surface area contributed by atoms with E-state index in [9.17, 15) is 14.7 Å². The van der Waals surface area contributed by atoms with Gasteiger partial charge in [-0.1, -0.05) is 36.3 Å². The van der Waals surface area contributed by atoms with E-state index in [1.807, 2.05) is 18.2 Å². The second kappa shape index (κ2) is 16.6. The molecule has 0 saturated carbocycles. The third-order valence-corrected chi connectivity index (χ3v) is 12.3. The highest BCUT2D eigenvalue weighted by atomic mass is 16.7. The summed E-state index contributed by atoms with van der Waals surface area (Å²) in [6.07, 6.45) is 15.4. The first-order valence-electron chi connectivity index (χ1n) is 19.6. The molecule has 5 heterocycles. The highest BCUT2D eigenvalue weighted by molar-refractivity contribution is 5.76. The van der Waals surface area contributed by atoms with Crippen LogP contribution in [0.1, 0.15) is 98.1 Å². The van der Waals surface area contributed by atoms with Gasteiger partial charge in [-0.2, -0.15) is 0 Å². The third kappa shape index (κ3) is 9.13. The van der Waals surface area contributed by atoms with Crippen molar-refractivity contribution in [2.75, 3.05) is 32.8 Å². The standard InChI is InChI=1S/C21H28N2O3.C20H33NO4/c1-14-6-5-10-21(2)19(26-21)18-16(9-8-14)17(20(24)25-18)13-22-12-15-7-3-4-11-23-15;1-4-10-21(11-12-22)13-16-15-8-7-14(2)6-5-9-20(3)18(25-20)17(15)24-19(16)23/h3-4,6-7,11,16-19,22H,5,8-10,12-13H2,1-2H3;6,15-18,22H,4-5,7-13H2,1-3H3/b2*14-6+/t16-,17-,18-,19-,21+;15-,16-,17-,18-,20+/m00/s1. The minimum atomic E-state index is -0.138. The van der Waals surface area contributed by atoms with E-state index < -0.39 is 0 Å². The minimum absolute atomic E-state index is 0.0516. The van der Waals surface area contributed by atoms with Crippen LogP contribution in [-0.2, 0) is 35.1 Å². The summed E-state index contributed by atoms with van der Waals surface area (Å²) in [5.41, 5.74) is 3.53. The average molecular weight is 708 g/mol. The van der Waals surface area contributed by atoms with Crippen LogP contribution in [0.5, 0.6) is 0 Å². The van der Waals surface area contributed by atoms with E-state index in [1.54, 1.807) is 6.20 Å². The van der Waals surface area contributed by atoms with Crippen LogP contribution in [0.4, 0.5) is 0 Å². The number of aliphatic hydroxyl groups is 1. The highest BCUT2D eigenvalue weighted by Gasteiger charge is 2.63. The van der Waals surface area contributed by atoms with E-state index >= 15 is 0 Å². The molecule has 0 aromatic carbocycles. The first-order chi connectivity index (χ1) is 24.5. The molecule has 51 heavy (non-hydrogen) atoms. The fourth-order valence-corrected chi connectivity index (χ4v) is 9.01. The molecule has 10 nitrogen and oxygen atoms in total. The molecule has 0 amide bonds. The van der Waals surface area contributed by atoms with Crippen LogP contribution < -0.4 is 5.32 Å². The maximum absolute atomic E-state index is 12.6. The molecule has 2 N–H and O–H groups in total. The minimum Gasteiger partial charge on any atom is -0.459 e. The third-order valence-electron chi connectivity index (χ3n) is 12.3. The van der Waals surface area contributed by atoms with Crippen molar-refractivity contribution >= 4 is 11.9 Å². The molecule has 0 radical (unpaired) electrons. The van der Waals surface area contributed by atoms with Gasteiger partial charge in [-0.25, -0.2) is 0 Å². The Bertz CT molecular complexity index is 1410. The Labute approximate surface area is 304 Å². The van der Waals surface area contributed by atoms with Crippen LogP contribution in [0.25, 0.3) is 0 Å². The van der Waals surface area contributed by atoms with E-state index in [1.165, 1.54) is 11.1 Å². The van der Waals surface area contributed by atoms with Gasteiger partial charge in [0.25, 0.3) is 0 Å². The van der Waals surface area contributed by atoms with Gasteiger partial charge >= 0.3 is 11.9 Å². The van der Waals surface area contributed by atoms with Crippen molar-refractivity contribution in [1.29, 1.82) is 0 Å². The van der Waals surface area contributed by atoms with Crippen molar-refractivity contribution in [3.63, 3.8) is 0 Å². The number of hydrogen-bond donors (Lipinski definition) is 2. The first-order valence-corrected chi connectivity index (χ1v) is 19.6. The molecule has 282 valence electrons. The van der Waals surface area contributed by atoms with E-state index in [0.717, 1.165) is 70.0 Å². The number of carbonyl (C=O) groups is 2. The van der Waals surface area contributed by atoms with Gasteiger partial charge in [0.2, 0.25) is 0 Å². The molecule has 6 aliphatic rings. The Morgan fingerprint density at radius 1 is 0.882 bits per heavy atom. The van der Waals surface area contributed by atoms with Crippen molar-refractivity contribution < 1.29 is 33.6 Å². The summed E-state index contributed by atoms with van der Waals surface area (Å²) >= 11 is 0. The number of aliphatic hydroxyl groups excluding tert-OH is 1. The van der Waals surface area contributed by atoms with E-state index in [4.69, 9.17) is 18.9 Å². The summed E-state index contributed by atoms with van der Waals surface area (Å²) in [6, 6.07) is 5.88. The normalized spacial score (nSPS) is 39.3. The molecule has 1 aromatic heterocycles. The van der Waals surface area contributed by atoms with Gasteiger partial charge in [-0.3, -0.25) is 14.6 Å². The number of aromatic nitrogens is 1. The molecule has 0 unspecified atom stereocenters. The van der Waals surface area contributed by atoms with Crippen LogP contribution in [-0.4, -0.2) is 95.3 Å². The van der Waals surface area contributed by atoms with Crippen LogP contribution in [0.15, 0.2) is 47.7 Å². The number of pyridine rings is 1. The topological polar surface area (TPSA) is 126 Å². The predicted octanol–water partition coefficient (Wildman–Crippen LogP) is 5.53. The lowest BCUT2D eigenvalue weighted by atomic mass is 9.80. The lowest BCUT2D eigenvalue weighted by molar-refractivity contribution is -0.146. The van der Waals surface area contributed by atoms with Crippen LogP contribution in [0.3, 0.4) is 0 Å². The second-order valence-corrected chi connectivity index (χ2v) is 16.3. The molecule has 2 aliphatic carbocycles. The molecule has 10 heteroatoms. The van der Waals surface area contributed by atoms with Crippen molar-refractivity contribution in [2.45, 2.75) is 135 Å². The molecule has 1 aromatic rings. The number of carbonyl (C=O) groups excluding carboxylic acids is 2. The van der Waals surface area contributed by atoms with Gasteiger partial charge in [0.15, 0.2) is 0 Å². The monoisotopic (exact) mass is 707 g/mol. The predicted molar refractivity (Wildman–Crippen MR) is 194 cm³/mol. The molecule has 7 rings (SSSR count). The van der Waals surface area contributed by atoms with Crippen molar-refractivity contribution in [2.24, 2.45) is 23.7 Å². The van der Waals surface area contributed by atoms with Crippen molar-refractivity contribution in [3.8, 4) is 0 Å². The zero-order valence-electron chi connectivity index (χ0n) is 31.5. The van der Waals surface area contributed by atoms with Crippen LogP contribution in [0, 0.1) is 23.7 Å². The lowest BCUT2D eigenvalue weighted by Gasteiger charge is -2.27. The fourth-order valence-electron chi connectivity index (χ4n) is 9.01. The Morgan fingerprint density at radius 2 is 1.47 bits per heavy atom. The number of fused-ring (bicyclic) bond motifs is 6. The van der Waals surface area contributed by atoms with Gasteiger partial charge in [-0.05, 0) is 104 Å². The van der Waals surface area contributed by atoms with Crippen LogP contribution in [0.2, 0.25) is 0 Å². The average Bonchev–Trinajstić information content (AvgIpc) is 3.90.